The van der Waals surface area contributed by atoms with Crippen LogP contribution in [0, 0.1) is 28.6 Å². The lowest BCUT2D eigenvalue weighted by Crippen LogP contribution is -2.41. The average molecular weight is 351 g/mol. The van der Waals surface area contributed by atoms with Crippen LogP contribution in [0.1, 0.15) is 18.5 Å². The van der Waals surface area contributed by atoms with Gasteiger partial charge in [0.2, 0.25) is 0 Å². The average Bonchev–Trinajstić information content (AvgIpc) is 2.58. The van der Waals surface area contributed by atoms with Crippen LogP contribution in [-0.2, 0) is 19.8 Å². The van der Waals surface area contributed by atoms with Crippen LogP contribution in [0.2, 0.25) is 0 Å². The molecule has 0 spiro atoms. The van der Waals surface area contributed by atoms with Gasteiger partial charge in [-0.15, -0.1) is 0 Å². The summed E-state index contributed by atoms with van der Waals surface area (Å²) >= 11 is 0. The molecule has 0 saturated heterocycles. The van der Waals surface area contributed by atoms with E-state index >= 15 is 0 Å². The van der Waals surface area contributed by atoms with E-state index in [0.29, 0.717) is 6.07 Å². The first-order valence-corrected chi connectivity index (χ1v) is 7.15. The zero-order chi connectivity index (χ0) is 18.8. The lowest BCUT2D eigenvalue weighted by Gasteiger charge is -2.13. The molecule has 130 valence electrons. The monoisotopic (exact) mass is 351 g/mol. The van der Waals surface area contributed by atoms with E-state index in [1.54, 1.807) is 0 Å². The maximum absolute atomic E-state index is 12.8. The van der Waals surface area contributed by atoms with Gasteiger partial charge in [0.25, 0.3) is 5.56 Å². The van der Waals surface area contributed by atoms with Gasteiger partial charge in [0.05, 0.1) is 23.4 Å². The Morgan fingerprint density at radius 3 is 2.52 bits per heavy atom. The number of pyridine rings is 1. The fraction of sp³-hybridized carbons (Fsp3) is 0.400. The molecule has 0 aliphatic carbocycles. The van der Waals surface area contributed by atoms with Crippen molar-refractivity contribution in [3.05, 3.63) is 38.7 Å². The minimum Gasteiger partial charge on any atom is -0.280 e. The summed E-state index contributed by atoms with van der Waals surface area (Å²) < 4.78 is 39.9. The molecule has 0 saturated carbocycles. The number of alkyl halides is 3. The van der Waals surface area contributed by atoms with E-state index in [9.17, 15) is 22.8 Å². The number of halogens is 3. The summed E-state index contributed by atoms with van der Waals surface area (Å²) in [5, 5.41) is 17.5. The number of fused-ring (bicyclic) bond motifs is 1. The van der Waals surface area contributed by atoms with E-state index in [-0.39, 0.29) is 30.4 Å². The molecule has 2 aromatic heterocycles. The molecule has 10 heteroatoms. The van der Waals surface area contributed by atoms with Crippen molar-refractivity contribution >= 4 is 11.0 Å². The van der Waals surface area contributed by atoms with Crippen molar-refractivity contribution in [1.29, 1.82) is 10.5 Å². The lowest BCUT2D eigenvalue weighted by molar-refractivity contribution is -0.141. The molecule has 0 amide bonds. The summed E-state index contributed by atoms with van der Waals surface area (Å²) in [5.74, 6) is -0.745. The third-order valence-electron chi connectivity index (χ3n) is 3.67. The van der Waals surface area contributed by atoms with Crippen molar-refractivity contribution < 1.29 is 13.2 Å². The highest BCUT2D eigenvalue weighted by Crippen LogP contribution is 2.28. The second kappa shape index (κ2) is 6.77. The molecule has 0 fully saturated rings. The number of nitriles is 2. The van der Waals surface area contributed by atoms with Gasteiger partial charge in [0.15, 0.2) is 0 Å². The van der Waals surface area contributed by atoms with E-state index in [4.69, 9.17) is 10.5 Å². The lowest BCUT2D eigenvalue weighted by atomic mass is 10.1. The Balaban J connectivity index is 2.62. The molecular formula is C15H12F3N5O2. The van der Waals surface area contributed by atoms with Crippen LogP contribution in [0.3, 0.4) is 0 Å². The fourth-order valence-corrected chi connectivity index (χ4v) is 2.35. The Hall–Kier alpha value is -3.14. The van der Waals surface area contributed by atoms with Gasteiger partial charge in [-0.1, -0.05) is 0 Å². The van der Waals surface area contributed by atoms with Crippen molar-refractivity contribution in [3.8, 4) is 12.1 Å². The van der Waals surface area contributed by atoms with Crippen molar-refractivity contribution in [1.82, 2.24) is 14.1 Å². The molecule has 0 aliphatic heterocycles. The molecule has 0 N–H and O–H groups in total. The number of hydrogen-bond donors (Lipinski definition) is 0. The van der Waals surface area contributed by atoms with Crippen LogP contribution in [-0.4, -0.2) is 14.1 Å². The Kier molecular flexibility index (Phi) is 4.93. The molecule has 2 aromatic rings. The van der Waals surface area contributed by atoms with Gasteiger partial charge in [-0.25, -0.2) is 9.78 Å². The first-order valence-electron chi connectivity index (χ1n) is 7.15. The predicted octanol–water partition coefficient (Wildman–Crippen LogP) is 1.56. The molecule has 0 bridgehead atoms. The highest BCUT2D eigenvalue weighted by molar-refractivity contribution is 5.74. The maximum atomic E-state index is 12.8. The molecule has 2 heterocycles. The van der Waals surface area contributed by atoms with Gasteiger partial charge in [-0.2, -0.15) is 23.7 Å². The number of aromatic nitrogens is 3. The molecule has 1 unspecified atom stereocenters. The second-order valence-electron chi connectivity index (χ2n) is 5.35. The van der Waals surface area contributed by atoms with Crippen LogP contribution in [0.4, 0.5) is 13.2 Å². The highest BCUT2D eigenvalue weighted by atomic mass is 19.4. The predicted molar refractivity (Wildman–Crippen MR) is 80.2 cm³/mol. The minimum atomic E-state index is -4.71. The quantitative estimate of drug-likeness (QED) is 0.831. The fourth-order valence-electron chi connectivity index (χ4n) is 2.35. The second-order valence-corrected chi connectivity index (χ2v) is 5.35. The van der Waals surface area contributed by atoms with Crippen LogP contribution in [0.5, 0.6) is 0 Å². The van der Waals surface area contributed by atoms with Gasteiger partial charge in [0.1, 0.15) is 11.3 Å². The summed E-state index contributed by atoms with van der Waals surface area (Å²) in [5.41, 5.74) is -3.29. The van der Waals surface area contributed by atoms with Gasteiger partial charge in [0, 0.05) is 20.0 Å². The van der Waals surface area contributed by atoms with Gasteiger partial charge in [-0.3, -0.25) is 13.9 Å². The van der Waals surface area contributed by atoms with Crippen LogP contribution >= 0.6 is 0 Å². The summed E-state index contributed by atoms with van der Waals surface area (Å²) in [6.45, 7) is -0.249. The number of rotatable bonds is 4. The number of nitrogens with zero attached hydrogens (tertiary/aromatic N) is 5. The van der Waals surface area contributed by atoms with Crippen molar-refractivity contribution in [2.24, 2.45) is 13.0 Å². The summed E-state index contributed by atoms with van der Waals surface area (Å²) in [6, 6.07) is 5.40. The molecule has 25 heavy (non-hydrogen) atoms. The molecule has 7 nitrogen and oxygen atoms in total. The smallest absolute Gasteiger partial charge is 0.280 e. The van der Waals surface area contributed by atoms with Crippen molar-refractivity contribution in [3.63, 3.8) is 0 Å². The Morgan fingerprint density at radius 1 is 1.28 bits per heavy atom. The molecule has 2 rings (SSSR count). The van der Waals surface area contributed by atoms with Crippen LogP contribution in [0.25, 0.3) is 11.0 Å². The Bertz CT molecular complexity index is 1010. The molecule has 0 aromatic carbocycles. The van der Waals surface area contributed by atoms with E-state index in [2.05, 4.69) is 4.98 Å². The normalized spacial score (nSPS) is 12.6. The standard InChI is InChI=1S/C15H12F3N5O2/c1-22-12-10(4-5-11(21-12)15(16,17)18)13(24)23(14(22)25)8-9(7-20)3-2-6-19/h4-5,9H,2-3,8H2,1H3. The van der Waals surface area contributed by atoms with E-state index in [1.165, 1.54) is 7.05 Å². The summed E-state index contributed by atoms with van der Waals surface area (Å²) in [7, 11) is 1.20. The van der Waals surface area contributed by atoms with E-state index in [0.717, 1.165) is 15.2 Å². The SMILES string of the molecule is Cn1c(=O)n(CC(C#N)CCC#N)c(=O)c2ccc(C(F)(F)F)nc21. The molecule has 0 aliphatic rings. The van der Waals surface area contributed by atoms with Gasteiger partial charge >= 0.3 is 11.9 Å². The van der Waals surface area contributed by atoms with Crippen molar-refractivity contribution in [2.45, 2.75) is 25.6 Å². The van der Waals surface area contributed by atoms with Gasteiger partial charge in [-0.05, 0) is 18.6 Å². The Morgan fingerprint density at radius 2 is 1.96 bits per heavy atom. The molecule has 1 atom stereocenters. The highest BCUT2D eigenvalue weighted by Gasteiger charge is 2.33. The van der Waals surface area contributed by atoms with Crippen LogP contribution < -0.4 is 11.2 Å². The van der Waals surface area contributed by atoms with Gasteiger partial charge < -0.3 is 0 Å². The maximum Gasteiger partial charge on any atom is 0.433 e. The summed E-state index contributed by atoms with van der Waals surface area (Å²) in [4.78, 5) is 28.1. The number of aryl methyl sites for hydroxylation is 1. The number of hydrogen-bond acceptors (Lipinski definition) is 5. The Labute approximate surface area is 139 Å². The largest absolute Gasteiger partial charge is 0.433 e. The molecule has 0 radical (unpaired) electrons. The first-order chi connectivity index (χ1) is 11.7. The zero-order valence-electron chi connectivity index (χ0n) is 13.0. The van der Waals surface area contributed by atoms with E-state index < -0.39 is 29.0 Å². The van der Waals surface area contributed by atoms with Crippen molar-refractivity contribution in [2.75, 3.05) is 0 Å². The zero-order valence-corrected chi connectivity index (χ0v) is 13.0. The third-order valence-corrected chi connectivity index (χ3v) is 3.67. The van der Waals surface area contributed by atoms with E-state index in [1.807, 2.05) is 12.1 Å². The first kappa shape index (κ1) is 18.2. The minimum absolute atomic E-state index is 0.0807. The topological polar surface area (TPSA) is 104 Å². The summed E-state index contributed by atoms with van der Waals surface area (Å²) in [6.07, 6.45) is -4.45. The third kappa shape index (κ3) is 3.53. The van der Waals surface area contributed by atoms with Crippen LogP contribution in [0.15, 0.2) is 21.7 Å². The molecular weight excluding hydrogens is 339 g/mol.